The fourth-order valence-corrected chi connectivity index (χ4v) is 3.44. The molecule has 6 N–H and O–H groups in total. The molecule has 0 aliphatic heterocycles. The SMILES string of the molecule is C=CC(C=C)O[Si](CCC(N)(N)N)(OC)OC. The van der Waals surface area contributed by atoms with Crippen molar-refractivity contribution in [1.82, 2.24) is 0 Å². The lowest BCUT2D eigenvalue weighted by atomic mass is 10.3. The summed E-state index contributed by atoms with van der Waals surface area (Å²) in [6.07, 6.45) is 3.19. The highest BCUT2D eigenvalue weighted by atomic mass is 28.4. The number of rotatable bonds is 9. The summed E-state index contributed by atoms with van der Waals surface area (Å²) in [6.45, 7) is 7.27. The van der Waals surface area contributed by atoms with E-state index in [1.807, 2.05) is 0 Å². The van der Waals surface area contributed by atoms with Gasteiger partial charge in [-0.3, -0.25) is 0 Å². The zero-order valence-corrected chi connectivity index (χ0v) is 11.5. The molecule has 0 aliphatic carbocycles. The lowest BCUT2D eigenvalue weighted by molar-refractivity contribution is 0.0865. The third-order valence-electron chi connectivity index (χ3n) is 2.27. The van der Waals surface area contributed by atoms with Crippen molar-refractivity contribution in [2.75, 3.05) is 14.2 Å². The van der Waals surface area contributed by atoms with Crippen LogP contribution < -0.4 is 17.2 Å². The lowest BCUT2D eigenvalue weighted by Crippen LogP contribution is -2.59. The second-order valence-electron chi connectivity index (χ2n) is 3.76. The first-order chi connectivity index (χ1) is 7.82. The van der Waals surface area contributed by atoms with E-state index in [2.05, 4.69) is 13.2 Å². The highest BCUT2D eigenvalue weighted by Gasteiger charge is 2.41. The van der Waals surface area contributed by atoms with Crippen molar-refractivity contribution < 1.29 is 13.3 Å². The monoisotopic (exact) mass is 261 g/mol. The van der Waals surface area contributed by atoms with Gasteiger partial charge in [-0.15, -0.1) is 13.2 Å². The van der Waals surface area contributed by atoms with Crippen molar-refractivity contribution in [3.63, 3.8) is 0 Å². The Morgan fingerprint density at radius 1 is 1.18 bits per heavy atom. The Bertz CT molecular complexity index is 244. The molecule has 0 heterocycles. The minimum atomic E-state index is -2.84. The maximum atomic E-state index is 5.72. The third-order valence-corrected chi connectivity index (χ3v) is 5.00. The second kappa shape index (κ2) is 7.02. The quantitative estimate of drug-likeness (QED) is 0.304. The Morgan fingerprint density at radius 2 is 1.65 bits per heavy atom. The summed E-state index contributed by atoms with van der Waals surface area (Å²) in [5.74, 6) is -1.27. The number of nitrogens with two attached hydrogens (primary N) is 3. The van der Waals surface area contributed by atoms with E-state index in [1.54, 1.807) is 12.2 Å². The molecule has 0 spiro atoms. The van der Waals surface area contributed by atoms with E-state index < -0.39 is 14.6 Å². The summed E-state index contributed by atoms with van der Waals surface area (Å²) >= 11 is 0. The average molecular weight is 261 g/mol. The molecule has 0 saturated carbocycles. The van der Waals surface area contributed by atoms with E-state index in [4.69, 9.17) is 30.5 Å². The molecule has 0 atom stereocenters. The molecular formula is C10H23N3O3Si. The molecule has 0 aromatic heterocycles. The topological polar surface area (TPSA) is 106 Å². The molecular weight excluding hydrogens is 238 g/mol. The van der Waals surface area contributed by atoms with Crippen LogP contribution >= 0.6 is 0 Å². The smallest absolute Gasteiger partial charge is 0.377 e. The third kappa shape index (κ3) is 6.08. The molecule has 0 amide bonds. The van der Waals surface area contributed by atoms with Crippen LogP contribution in [-0.2, 0) is 13.3 Å². The maximum Gasteiger partial charge on any atom is 0.501 e. The molecule has 6 nitrogen and oxygen atoms in total. The Morgan fingerprint density at radius 3 is 1.94 bits per heavy atom. The summed E-state index contributed by atoms with van der Waals surface area (Å²) in [5.41, 5.74) is 16.6. The van der Waals surface area contributed by atoms with Crippen molar-refractivity contribution in [3.8, 4) is 0 Å². The van der Waals surface area contributed by atoms with E-state index in [-0.39, 0.29) is 6.10 Å². The molecule has 0 aliphatic rings. The summed E-state index contributed by atoms with van der Waals surface area (Å²) in [7, 11) is 0.195. The van der Waals surface area contributed by atoms with Gasteiger partial charge in [0.25, 0.3) is 0 Å². The van der Waals surface area contributed by atoms with Crippen LogP contribution in [0.25, 0.3) is 0 Å². The number of hydrogen-bond acceptors (Lipinski definition) is 6. The van der Waals surface area contributed by atoms with E-state index in [1.165, 1.54) is 14.2 Å². The van der Waals surface area contributed by atoms with Gasteiger partial charge in [-0.05, 0) is 6.42 Å². The predicted octanol–water partition coefficient (Wildman–Crippen LogP) is -0.105. The van der Waals surface area contributed by atoms with Crippen molar-refractivity contribution in [2.45, 2.75) is 24.4 Å². The fourth-order valence-electron chi connectivity index (χ4n) is 1.21. The van der Waals surface area contributed by atoms with Gasteiger partial charge < -0.3 is 30.5 Å². The normalized spacial score (nSPS) is 12.8. The van der Waals surface area contributed by atoms with Gasteiger partial charge in [-0.2, -0.15) is 0 Å². The average Bonchev–Trinajstić information content (AvgIpc) is 2.29. The fraction of sp³-hybridized carbons (Fsp3) is 0.600. The van der Waals surface area contributed by atoms with Gasteiger partial charge in [-0.1, -0.05) is 12.2 Å². The van der Waals surface area contributed by atoms with E-state index in [0.29, 0.717) is 12.5 Å². The first-order valence-corrected chi connectivity index (χ1v) is 7.15. The highest BCUT2D eigenvalue weighted by molar-refractivity contribution is 6.60. The van der Waals surface area contributed by atoms with Crippen molar-refractivity contribution >= 4 is 8.80 Å². The second-order valence-corrected chi connectivity index (χ2v) is 6.68. The van der Waals surface area contributed by atoms with E-state index in [9.17, 15) is 0 Å². The van der Waals surface area contributed by atoms with Crippen LogP contribution in [0.5, 0.6) is 0 Å². The summed E-state index contributed by atoms with van der Waals surface area (Å²) in [6, 6.07) is 0.418. The number of hydrogen-bond donors (Lipinski definition) is 3. The molecule has 7 heteroatoms. The van der Waals surface area contributed by atoms with Crippen LogP contribution in [-0.4, -0.2) is 34.9 Å². The summed E-state index contributed by atoms with van der Waals surface area (Å²) in [4.78, 5) is 0. The highest BCUT2D eigenvalue weighted by Crippen LogP contribution is 2.20. The Hall–Kier alpha value is -0.543. The van der Waals surface area contributed by atoms with Gasteiger partial charge in [0.05, 0.1) is 6.10 Å². The molecule has 100 valence electrons. The zero-order chi connectivity index (χ0) is 13.5. The lowest BCUT2D eigenvalue weighted by Gasteiger charge is -2.31. The van der Waals surface area contributed by atoms with Gasteiger partial charge in [0.2, 0.25) is 0 Å². The first kappa shape index (κ1) is 16.5. The molecule has 17 heavy (non-hydrogen) atoms. The van der Waals surface area contributed by atoms with Crippen molar-refractivity contribution in [1.29, 1.82) is 0 Å². The van der Waals surface area contributed by atoms with Crippen LogP contribution in [0.2, 0.25) is 6.04 Å². The molecule has 0 saturated heterocycles. The van der Waals surface area contributed by atoms with Crippen LogP contribution in [0.15, 0.2) is 25.3 Å². The Balaban J connectivity index is 4.65. The zero-order valence-electron chi connectivity index (χ0n) is 10.5. The maximum absolute atomic E-state index is 5.72. The minimum Gasteiger partial charge on any atom is -0.377 e. The van der Waals surface area contributed by atoms with E-state index in [0.717, 1.165) is 0 Å². The predicted molar refractivity (Wildman–Crippen MR) is 69.8 cm³/mol. The molecule has 0 rings (SSSR count). The van der Waals surface area contributed by atoms with Gasteiger partial charge in [-0.25, -0.2) is 0 Å². The largest absolute Gasteiger partial charge is 0.501 e. The summed E-state index contributed by atoms with van der Waals surface area (Å²) in [5, 5.41) is 0. The van der Waals surface area contributed by atoms with Crippen LogP contribution in [0.1, 0.15) is 6.42 Å². The molecule has 0 unspecified atom stereocenters. The van der Waals surface area contributed by atoms with Gasteiger partial charge in [0.15, 0.2) is 0 Å². The van der Waals surface area contributed by atoms with Crippen LogP contribution in [0.3, 0.4) is 0 Å². The molecule has 0 radical (unpaired) electrons. The molecule has 0 fully saturated rings. The Kier molecular flexibility index (Phi) is 6.79. The van der Waals surface area contributed by atoms with Gasteiger partial charge in [0.1, 0.15) is 5.79 Å². The molecule has 0 aromatic carbocycles. The standard InChI is InChI=1S/C10H23N3O3Si/c1-5-9(6-2)16-17(14-3,15-4)8-7-10(11,12)13/h5-6,9H,1-2,7-8,11-13H2,3-4H3. The Labute approximate surface area is 104 Å². The minimum absolute atomic E-state index is 0.321. The first-order valence-electron chi connectivity index (χ1n) is 5.22. The van der Waals surface area contributed by atoms with Crippen molar-refractivity contribution in [3.05, 3.63) is 25.3 Å². The van der Waals surface area contributed by atoms with E-state index >= 15 is 0 Å². The van der Waals surface area contributed by atoms with Crippen LogP contribution in [0, 0.1) is 0 Å². The van der Waals surface area contributed by atoms with Crippen molar-refractivity contribution in [2.24, 2.45) is 17.2 Å². The molecule has 0 aromatic rings. The van der Waals surface area contributed by atoms with Gasteiger partial charge >= 0.3 is 8.80 Å². The van der Waals surface area contributed by atoms with Crippen LogP contribution in [0.4, 0.5) is 0 Å². The summed E-state index contributed by atoms with van der Waals surface area (Å²) < 4.78 is 16.4. The molecule has 0 bridgehead atoms. The van der Waals surface area contributed by atoms with Gasteiger partial charge in [0, 0.05) is 20.3 Å².